The van der Waals surface area contributed by atoms with Crippen molar-refractivity contribution in [3.8, 4) is 11.5 Å². The van der Waals surface area contributed by atoms with E-state index in [-0.39, 0.29) is 24.6 Å². The molecule has 2 atom stereocenters. The number of hydrogen-bond acceptors (Lipinski definition) is 4. The van der Waals surface area contributed by atoms with Crippen LogP contribution >= 0.6 is 0 Å². The van der Waals surface area contributed by atoms with Crippen LogP contribution in [-0.2, 0) is 16.0 Å². The van der Waals surface area contributed by atoms with Gasteiger partial charge in [0.05, 0.1) is 6.04 Å². The number of aromatic amines is 1. The van der Waals surface area contributed by atoms with Crippen molar-refractivity contribution in [2.24, 2.45) is 0 Å². The Balaban J connectivity index is 1.54. The molecule has 32 heavy (non-hydrogen) atoms. The van der Waals surface area contributed by atoms with Crippen LogP contribution in [-0.4, -0.2) is 40.6 Å². The Bertz CT molecular complexity index is 1260. The van der Waals surface area contributed by atoms with Crippen LogP contribution in [0.4, 0.5) is 0 Å². The maximum Gasteiger partial charge on any atom is 0.247 e. The maximum atomic E-state index is 13.3. The topological polar surface area (TPSA) is 83.7 Å². The van der Waals surface area contributed by atoms with E-state index in [2.05, 4.69) is 22.9 Å². The molecule has 2 amide bonds. The van der Waals surface area contributed by atoms with Crippen molar-refractivity contribution < 1.29 is 19.1 Å². The van der Waals surface area contributed by atoms with E-state index in [1.165, 1.54) is 6.08 Å². The number of H-pyrrole nitrogens is 1. The molecule has 2 aromatic carbocycles. The summed E-state index contributed by atoms with van der Waals surface area (Å²) in [5.74, 6) is 0.902. The van der Waals surface area contributed by atoms with E-state index in [1.54, 1.807) is 4.90 Å². The van der Waals surface area contributed by atoms with Crippen LogP contribution in [0.2, 0.25) is 0 Å². The van der Waals surface area contributed by atoms with Crippen LogP contribution in [0.3, 0.4) is 0 Å². The van der Waals surface area contributed by atoms with Gasteiger partial charge in [0, 0.05) is 29.1 Å². The quantitative estimate of drug-likeness (QED) is 0.624. The predicted molar refractivity (Wildman–Crippen MR) is 118 cm³/mol. The number of aromatic nitrogens is 1. The monoisotopic (exact) mass is 429 g/mol. The third-order valence-corrected chi connectivity index (χ3v) is 6.50. The van der Waals surface area contributed by atoms with E-state index < -0.39 is 12.1 Å². The first kappa shape index (κ1) is 19.0. The van der Waals surface area contributed by atoms with Crippen molar-refractivity contribution in [3.05, 3.63) is 71.9 Å². The first-order valence-corrected chi connectivity index (χ1v) is 10.9. The summed E-state index contributed by atoms with van der Waals surface area (Å²) in [6, 6.07) is 12.8. The third-order valence-electron chi connectivity index (χ3n) is 6.50. The normalized spacial score (nSPS) is 21.3. The fourth-order valence-corrected chi connectivity index (χ4v) is 4.83. The first-order valence-electron chi connectivity index (χ1n) is 10.9. The molecule has 1 saturated carbocycles. The fourth-order valence-electron chi connectivity index (χ4n) is 4.83. The molecule has 3 aromatic rings. The van der Waals surface area contributed by atoms with Crippen molar-refractivity contribution in [1.82, 2.24) is 15.2 Å². The van der Waals surface area contributed by atoms with Gasteiger partial charge in [-0.2, -0.15) is 0 Å². The van der Waals surface area contributed by atoms with Crippen LogP contribution in [0.5, 0.6) is 11.5 Å². The van der Waals surface area contributed by atoms with Crippen molar-refractivity contribution in [2.75, 3.05) is 6.79 Å². The van der Waals surface area contributed by atoms with Crippen molar-refractivity contribution >= 4 is 22.7 Å². The molecule has 1 fully saturated rings. The van der Waals surface area contributed by atoms with Gasteiger partial charge in [0.1, 0.15) is 6.04 Å². The Kier molecular flexibility index (Phi) is 4.24. The van der Waals surface area contributed by atoms with Gasteiger partial charge >= 0.3 is 0 Å². The number of carbonyl (C=O) groups excluding carboxylic acids is 2. The zero-order valence-electron chi connectivity index (χ0n) is 17.5. The SMILES string of the molecule is C=CC(=O)N1[C@@H](c2ccc3c(c2)OCO3)c2[nH]c3ccccc3c2C[C@H]1C(=O)NC1CC1. The molecule has 2 aliphatic heterocycles. The summed E-state index contributed by atoms with van der Waals surface area (Å²) in [4.78, 5) is 31.7. The molecule has 3 aliphatic rings. The van der Waals surface area contributed by atoms with Gasteiger partial charge in [-0.1, -0.05) is 30.8 Å². The van der Waals surface area contributed by atoms with Crippen LogP contribution in [0.15, 0.2) is 55.1 Å². The molecule has 0 unspecified atom stereocenters. The number of nitrogens with one attached hydrogen (secondary N) is 2. The van der Waals surface area contributed by atoms with Gasteiger partial charge in [0.25, 0.3) is 0 Å². The minimum absolute atomic E-state index is 0.121. The lowest BCUT2D eigenvalue weighted by Crippen LogP contribution is -2.54. The van der Waals surface area contributed by atoms with Gasteiger partial charge in [0.2, 0.25) is 18.6 Å². The molecule has 1 aromatic heterocycles. The predicted octanol–water partition coefficient (Wildman–Crippen LogP) is 3.20. The summed E-state index contributed by atoms with van der Waals surface area (Å²) in [6.45, 7) is 3.88. The molecule has 6 rings (SSSR count). The van der Waals surface area contributed by atoms with E-state index in [9.17, 15) is 9.59 Å². The molecular formula is C25H23N3O4. The van der Waals surface area contributed by atoms with Gasteiger partial charge in [0.15, 0.2) is 11.5 Å². The van der Waals surface area contributed by atoms with Crippen LogP contribution in [0.25, 0.3) is 10.9 Å². The standard InChI is InChI=1S/C25H23N3O4/c1-2-22(29)28-19(25(30)26-15-8-9-15)12-17-16-5-3-4-6-18(16)27-23(17)24(28)14-7-10-20-21(11-14)32-13-31-20/h2-7,10-11,15,19,24,27H,1,8-9,12-13H2,(H,26,30)/t19-,24-/m0/s1. The number of fused-ring (bicyclic) bond motifs is 4. The molecule has 2 N–H and O–H groups in total. The number of amides is 2. The van der Waals surface area contributed by atoms with Gasteiger partial charge in [-0.15, -0.1) is 0 Å². The second kappa shape index (κ2) is 7.15. The molecule has 0 bridgehead atoms. The highest BCUT2D eigenvalue weighted by Gasteiger charge is 2.44. The second-order valence-corrected chi connectivity index (χ2v) is 8.53. The van der Waals surface area contributed by atoms with Crippen molar-refractivity contribution in [1.29, 1.82) is 0 Å². The minimum atomic E-state index is -0.636. The molecule has 1 aliphatic carbocycles. The van der Waals surface area contributed by atoms with Crippen LogP contribution < -0.4 is 14.8 Å². The fraction of sp³-hybridized carbons (Fsp3) is 0.280. The average molecular weight is 429 g/mol. The zero-order chi connectivity index (χ0) is 21.8. The lowest BCUT2D eigenvalue weighted by atomic mass is 9.87. The van der Waals surface area contributed by atoms with Crippen LogP contribution in [0.1, 0.15) is 35.7 Å². The highest BCUT2D eigenvalue weighted by molar-refractivity contribution is 5.96. The summed E-state index contributed by atoms with van der Waals surface area (Å²) >= 11 is 0. The van der Waals surface area contributed by atoms with E-state index in [4.69, 9.17) is 9.47 Å². The number of benzene rings is 2. The Morgan fingerprint density at radius 2 is 1.94 bits per heavy atom. The molecule has 0 spiro atoms. The Labute approximate surface area is 185 Å². The minimum Gasteiger partial charge on any atom is -0.454 e. The van der Waals surface area contributed by atoms with Crippen molar-refractivity contribution in [3.63, 3.8) is 0 Å². The lowest BCUT2D eigenvalue weighted by molar-refractivity contribution is -0.139. The molecule has 162 valence electrons. The molecule has 0 radical (unpaired) electrons. The Morgan fingerprint density at radius 3 is 2.75 bits per heavy atom. The lowest BCUT2D eigenvalue weighted by Gasteiger charge is -2.41. The summed E-state index contributed by atoms with van der Waals surface area (Å²) in [5, 5.41) is 4.17. The number of para-hydroxylation sites is 1. The highest BCUT2D eigenvalue weighted by Crippen LogP contribution is 2.44. The summed E-state index contributed by atoms with van der Waals surface area (Å²) in [7, 11) is 0. The molecular weight excluding hydrogens is 406 g/mol. The third kappa shape index (κ3) is 2.96. The molecule has 7 nitrogen and oxygen atoms in total. The zero-order valence-corrected chi connectivity index (χ0v) is 17.5. The number of ether oxygens (including phenoxy) is 2. The Morgan fingerprint density at radius 1 is 1.12 bits per heavy atom. The molecule has 0 saturated heterocycles. The molecule has 3 heterocycles. The van der Waals surface area contributed by atoms with Gasteiger partial charge in [-0.05, 0) is 48.2 Å². The van der Waals surface area contributed by atoms with E-state index in [0.29, 0.717) is 17.9 Å². The highest BCUT2D eigenvalue weighted by atomic mass is 16.7. The van der Waals surface area contributed by atoms with E-state index >= 15 is 0 Å². The number of hydrogen-bond donors (Lipinski definition) is 2. The Hall–Kier alpha value is -3.74. The number of nitrogens with zero attached hydrogens (tertiary/aromatic N) is 1. The van der Waals surface area contributed by atoms with Gasteiger partial charge < -0.3 is 24.7 Å². The molecule has 7 heteroatoms. The van der Waals surface area contributed by atoms with Crippen LogP contribution in [0, 0.1) is 0 Å². The largest absolute Gasteiger partial charge is 0.454 e. The first-order chi connectivity index (χ1) is 15.6. The maximum absolute atomic E-state index is 13.3. The van der Waals surface area contributed by atoms with Gasteiger partial charge in [-0.3, -0.25) is 9.59 Å². The number of rotatable bonds is 4. The second-order valence-electron chi connectivity index (χ2n) is 8.53. The average Bonchev–Trinajstić information content (AvgIpc) is 3.37. The van der Waals surface area contributed by atoms with E-state index in [1.807, 2.05) is 36.4 Å². The van der Waals surface area contributed by atoms with Crippen molar-refractivity contribution in [2.45, 2.75) is 37.4 Å². The summed E-state index contributed by atoms with van der Waals surface area (Å²) in [5.41, 5.74) is 3.81. The number of carbonyl (C=O) groups is 2. The smallest absolute Gasteiger partial charge is 0.247 e. The van der Waals surface area contributed by atoms with Gasteiger partial charge in [-0.25, -0.2) is 0 Å². The summed E-state index contributed by atoms with van der Waals surface area (Å²) in [6.07, 6.45) is 3.69. The summed E-state index contributed by atoms with van der Waals surface area (Å²) < 4.78 is 11.1. The van der Waals surface area contributed by atoms with E-state index in [0.717, 1.165) is 40.6 Å².